The van der Waals surface area contributed by atoms with Gasteiger partial charge in [-0.25, -0.2) is 4.98 Å². The number of anilines is 2. The summed E-state index contributed by atoms with van der Waals surface area (Å²) in [6.45, 7) is 1.72. The van der Waals surface area contributed by atoms with Crippen LogP contribution in [-0.2, 0) is 17.2 Å². The Labute approximate surface area is 196 Å². The van der Waals surface area contributed by atoms with Gasteiger partial charge in [0, 0.05) is 23.9 Å². The first-order chi connectivity index (χ1) is 15.6. The fraction of sp³-hybridized carbons (Fsp3) is 0.500. The molecule has 0 bridgehead atoms. The number of benzene rings is 1. The fourth-order valence-corrected chi connectivity index (χ4v) is 6.22. The monoisotopic (exact) mass is 472 g/mol. The maximum absolute atomic E-state index is 12.9. The second kappa shape index (κ2) is 9.12. The lowest BCUT2D eigenvalue weighted by atomic mass is 9.77. The van der Waals surface area contributed by atoms with E-state index in [2.05, 4.69) is 28.4 Å². The molecule has 2 aliphatic heterocycles. The van der Waals surface area contributed by atoms with Gasteiger partial charge in [0.1, 0.15) is 10.7 Å². The fourth-order valence-electron chi connectivity index (χ4n) is 4.76. The van der Waals surface area contributed by atoms with Crippen molar-refractivity contribution in [1.82, 2.24) is 9.97 Å². The molecule has 1 aromatic carbocycles. The highest BCUT2D eigenvalue weighted by atomic mass is 35.5. The number of nitrogens with one attached hydrogen (secondary N) is 1. The minimum Gasteiger partial charge on any atom is -0.394 e. The van der Waals surface area contributed by atoms with Crippen molar-refractivity contribution in [2.45, 2.75) is 55.4 Å². The average molecular weight is 473 g/mol. The molecule has 1 unspecified atom stereocenters. The van der Waals surface area contributed by atoms with Crippen LogP contribution in [0.3, 0.4) is 0 Å². The number of aromatic nitrogens is 2. The highest BCUT2D eigenvalue weighted by Crippen LogP contribution is 2.38. The Kier molecular flexibility index (Phi) is 6.23. The van der Waals surface area contributed by atoms with Gasteiger partial charge in [0.2, 0.25) is 5.95 Å². The molecule has 8 heteroatoms. The third-order valence-electron chi connectivity index (χ3n) is 6.83. The van der Waals surface area contributed by atoms with E-state index in [0.29, 0.717) is 17.5 Å². The minimum atomic E-state index is -1.10. The van der Waals surface area contributed by atoms with Gasteiger partial charge in [-0.1, -0.05) is 29.8 Å². The van der Waals surface area contributed by atoms with Crippen LogP contribution < -0.4 is 10.2 Å². The second-order valence-corrected chi connectivity index (χ2v) is 10.9. The molecule has 3 aliphatic rings. The largest absolute Gasteiger partial charge is 0.394 e. The van der Waals surface area contributed by atoms with Gasteiger partial charge in [0.15, 0.2) is 0 Å². The second-order valence-electron chi connectivity index (χ2n) is 8.98. The van der Waals surface area contributed by atoms with Crippen molar-refractivity contribution in [3.8, 4) is 0 Å². The number of fused-ring (bicyclic) bond motifs is 1. The molecule has 1 atom stereocenters. The van der Waals surface area contributed by atoms with Crippen LogP contribution in [0.4, 0.5) is 11.8 Å². The van der Waals surface area contributed by atoms with E-state index in [1.54, 1.807) is 0 Å². The van der Waals surface area contributed by atoms with Crippen LogP contribution in [0, 0.1) is 0 Å². The third kappa shape index (κ3) is 4.30. The van der Waals surface area contributed by atoms with Gasteiger partial charge in [-0.3, -0.25) is 4.21 Å². The summed E-state index contributed by atoms with van der Waals surface area (Å²) in [4.78, 5) is 12.7. The summed E-state index contributed by atoms with van der Waals surface area (Å²) < 4.78 is 12.9. The van der Waals surface area contributed by atoms with Crippen molar-refractivity contribution >= 4 is 39.7 Å². The third-order valence-corrected chi connectivity index (χ3v) is 8.63. The smallest absolute Gasteiger partial charge is 0.227 e. The molecule has 1 aliphatic carbocycles. The molecule has 6 nitrogen and oxygen atoms in total. The molecule has 32 heavy (non-hydrogen) atoms. The van der Waals surface area contributed by atoms with Gasteiger partial charge in [0.25, 0.3) is 0 Å². The molecule has 0 radical (unpaired) electrons. The first-order valence-corrected chi connectivity index (χ1v) is 13.1. The molecular formula is C24H29ClN4O2S. The normalized spacial score (nSPS) is 22.4. The maximum Gasteiger partial charge on any atom is 0.227 e. The summed E-state index contributed by atoms with van der Waals surface area (Å²) in [5.74, 6) is 2.00. The summed E-state index contributed by atoms with van der Waals surface area (Å²) in [6, 6.07) is 8.01. The molecule has 0 amide bonds. The van der Waals surface area contributed by atoms with E-state index >= 15 is 0 Å². The van der Waals surface area contributed by atoms with Gasteiger partial charge in [-0.15, -0.1) is 0 Å². The van der Waals surface area contributed by atoms with Gasteiger partial charge >= 0.3 is 0 Å². The Hall–Kier alpha value is -1.96. The lowest BCUT2D eigenvalue weighted by Gasteiger charge is -2.42. The number of aryl methyl sites for hydroxylation is 1. The van der Waals surface area contributed by atoms with Gasteiger partial charge in [-0.2, -0.15) is 4.98 Å². The summed E-state index contributed by atoms with van der Waals surface area (Å²) in [5, 5.41) is 14.2. The Balaban J connectivity index is 1.42. The summed E-state index contributed by atoms with van der Waals surface area (Å²) in [6.07, 6.45) is 8.70. The number of hydrogen-bond donors (Lipinski definition) is 2. The number of hydrogen-bond acceptors (Lipinski definition) is 6. The Morgan fingerprint density at radius 1 is 1.12 bits per heavy atom. The van der Waals surface area contributed by atoms with Crippen molar-refractivity contribution in [3.63, 3.8) is 0 Å². The Morgan fingerprint density at radius 2 is 1.94 bits per heavy atom. The molecule has 2 aromatic rings. The van der Waals surface area contributed by atoms with E-state index in [1.807, 2.05) is 12.1 Å². The number of aliphatic hydroxyl groups is 1. The zero-order chi connectivity index (χ0) is 22.1. The van der Waals surface area contributed by atoms with E-state index in [9.17, 15) is 9.32 Å². The summed E-state index contributed by atoms with van der Waals surface area (Å²) >= 11 is 6.05. The van der Waals surface area contributed by atoms with Crippen LogP contribution in [0.1, 0.15) is 49.8 Å². The predicted molar refractivity (Wildman–Crippen MR) is 130 cm³/mol. The summed E-state index contributed by atoms with van der Waals surface area (Å²) in [5.41, 5.74) is 3.07. The molecule has 5 rings (SSSR count). The molecule has 3 heterocycles. The van der Waals surface area contributed by atoms with Crippen molar-refractivity contribution in [1.29, 1.82) is 0 Å². The summed E-state index contributed by atoms with van der Waals surface area (Å²) in [7, 11) is -1.10. The molecule has 170 valence electrons. The van der Waals surface area contributed by atoms with Gasteiger partial charge in [0.05, 0.1) is 28.6 Å². The Morgan fingerprint density at radius 3 is 2.66 bits per heavy atom. The number of halogens is 1. The quantitative estimate of drug-likeness (QED) is 0.679. The van der Waals surface area contributed by atoms with Crippen LogP contribution in [-0.4, -0.2) is 50.3 Å². The number of aliphatic hydroxyl groups excluding tert-OH is 1. The lowest BCUT2D eigenvalue weighted by Crippen LogP contribution is -2.49. The van der Waals surface area contributed by atoms with Crippen LogP contribution in [0.5, 0.6) is 0 Å². The topological polar surface area (TPSA) is 78.4 Å². The van der Waals surface area contributed by atoms with Crippen LogP contribution in [0.15, 0.2) is 35.2 Å². The van der Waals surface area contributed by atoms with E-state index in [-0.39, 0.29) is 12.1 Å². The zero-order valence-electron chi connectivity index (χ0n) is 18.1. The van der Waals surface area contributed by atoms with E-state index in [4.69, 9.17) is 21.6 Å². The number of rotatable bonds is 5. The molecule has 2 N–H and O–H groups in total. The molecule has 1 aromatic heterocycles. The molecule has 1 fully saturated rings. The minimum absolute atomic E-state index is 0.0613. The molecule has 1 saturated carbocycles. The molecule has 0 saturated heterocycles. The van der Waals surface area contributed by atoms with Gasteiger partial charge in [-0.05, 0) is 68.2 Å². The predicted octanol–water partition coefficient (Wildman–Crippen LogP) is 4.19. The van der Waals surface area contributed by atoms with Crippen LogP contribution in [0.2, 0.25) is 5.02 Å². The van der Waals surface area contributed by atoms with E-state index in [1.165, 1.54) is 11.1 Å². The number of nitrogens with zero attached hydrogens (tertiary/aromatic N) is 3. The van der Waals surface area contributed by atoms with Crippen molar-refractivity contribution in [2.24, 2.45) is 0 Å². The first-order valence-electron chi connectivity index (χ1n) is 11.5. The SMILES string of the molecule is O=S1CCCc2nc(N3CCC=C(c4ccc(Cl)cc4)CC3)nc(NC3(CO)CCC3)c21. The van der Waals surface area contributed by atoms with E-state index in [0.717, 1.165) is 73.6 Å². The highest BCUT2D eigenvalue weighted by Gasteiger charge is 2.38. The zero-order valence-corrected chi connectivity index (χ0v) is 19.7. The standard InChI is InChI=1S/C24H29ClN4O2S/c25-19-8-6-18(7-9-19)17-4-1-13-29(14-10-17)23-26-20-5-2-15-32(31)21(20)22(27-23)28-24(16-30)11-3-12-24/h4,6-9,30H,1-3,5,10-16H2,(H,26,27,28). The average Bonchev–Trinajstić information content (AvgIpc) is 3.03. The Bertz CT molecular complexity index is 1050. The lowest BCUT2D eigenvalue weighted by molar-refractivity contribution is 0.143. The first kappa shape index (κ1) is 21.9. The maximum atomic E-state index is 12.9. The van der Waals surface area contributed by atoms with E-state index < -0.39 is 10.8 Å². The van der Waals surface area contributed by atoms with Crippen LogP contribution >= 0.6 is 11.6 Å². The van der Waals surface area contributed by atoms with Crippen LogP contribution in [0.25, 0.3) is 5.57 Å². The highest BCUT2D eigenvalue weighted by molar-refractivity contribution is 7.85. The van der Waals surface area contributed by atoms with Crippen molar-refractivity contribution < 1.29 is 9.32 Å². The molecular weight excluding hydrogens is 444 g/mol. The van der Waals surface area contributed by atoms with Crippen molar-refractivity contribution in [2.75, 3.05) is 35.7 Å². The van der Waals surface area contributed by atoms with Gasteiger partial charge < -0.3 is 15.3 Å². The molecule has 0 spiro atoms. The van der Waals surface area contributed by atoms with Crippen molar-refractivity contribution in [3.05, 3.63) is 46.6 Å².